The van der Waals surface area contributed by atoms with E-state index in [0.717, 1.165) is 11.1 Å². The maximum absolute atomic E-state index is 12.4. The zero-order chi connectivity index (χ0) is 22.9. The summed E-state index contributed by atoms with van der Waals surface area (Å²) in [4.78, 5) is 24.7. The number of hydrogen-bond acceptors (Lipinski definition) is 5. The highest BCUT2D eigenvalue weighted by molar-refractivity contribution is 6.05. The molecule has 1 amide bonds. The Morgan fingerprint density at radius 3 is 2.53 bits per heavy atom. The van der Waals surface area contributed by atoms with Crippen molar-refractivity contribution in [3.63, 3.8) is 0 Å². The Balaban J connectivity index is 1.65. The van der Waals surface area contributed by atoms with Crippen molar-refractivity contribution in [3.05, 3.63) is 77.6 Å². The van der Waals surface area contributed by atoms with Crippen LogP contribution in [0.1, 0.15) is 35.5 Å². The number of carbonyl (C=O) groups excluding carboxylic acids is 2. The summed E-state index contributed by atoms with van der Waals surface area (Å²) in [5.41, 5.74) is 3.14. The Bertz CT molecular complexity index is 1100. The van der Waals surface area contributed by atoms with Crippen LogP contribution in [0, 0.1) is 6.92 Å². The number of nitrogens with zero attached hydrogens (tertiary/aromatic N) is 2. The molecular formula is C25H27N3O4. The maximum Gasteiger partial charge on any atom is 0.262 e. The lowest BCUT2D eigenvalue weighted by molar-refractivity contribution is -0.118. The maximum atomic E-state index is 12.4. The van der Waals surface area contributed by atoms with E-state index in [1.165, 1.54) is 6.08 Å². The van der Waals surface area contributed by atoms with Crippen molar-refractivity contribution in [2.75, 3.05) is 18.5 Å². The van der Waals surface area contributed by atoms with Crippen LogP contribution in [-0.4, -0.2) is 34.7 Å². The number of allylic oxidation sites excluding steroid dienone is 1. The number of amides is 1. The Morgan fingerprint density at radius 1 is 1.03 bits per heavy atom. The topological polar surface area (TPSA) is 82.4 Å². The Hall–Kier alpha value is -3.87. The number of ether oxygens (including phenoxy) is 2. The lowest BCUT2D eigenvalue weighted by Gasteiger charge is -2.13. The highest BCUT2D eigenvalue weighted by atomic mass is 16.5. The zero-order valence-electron chi connectivity index (χ0n) is 18.5. The van der Waals surface area contributed by atoms with Crippen molar-refractivity contribution in [1.29, 1.82) is 0 Å². The van der Waals surface area contributed by atoms with Gasteiger partial charge in [0.15, 0.2) is 18.1 Å². The Labute approximate surface area is 187 Å². The van der Waals surface area contributed by atoms with Crippen LogP contribution in [0.2, 0.25) is 0 Å². The molecule has 0 saturated heterocycles. The van der Waals surface area contributed by atoms with E-state index < -0.39 is 0 Å². The molecule has 0 saturated carbocycles. The molecule has 32 heavy (non-hydrogen) atoms. The van der Waals surface area contributed by atoms with Crippen LogP contribution in [0.25, 0.3) is 6.08 Å². The molecular weight excluding hydrogens is 406 g/mol. The first-order valence-corrected chi connectivity index (χ1v) is 10.5. The number of rotatable bonds is 10. The number of hydrogen-bond donors (Lipinski definition) is 1. The van der Waals surface area contributed by atoms with E-state index in [-0.39, 0.29) is 18.3 Å². The molecule has 1 heterocycles. The quantitative estimate of drug-likeness (QED) is 0.375. The summed E-state index contributed by atoms with van der Waals surface area (Å²) in [6.45, 7) is 6.70. The van der Waals surface area contributed by atoms with E-state index in [0.29, 0.717) is 36.0 Å². The number of anilines is 1. The zero-order valence-corrected chi connectivity index (χ0v) is 18.5. The number of benzene rings is 2. The van der Waals surface area contributed by atoms with Crippen LogP contribution in [0.5, 0.6) is 11.5 Å². The molecule has 7 heteroatoms. The van der Waals surface area contributed by atoms with Crippen molar-refractivity contribution in [2.24, 2.45) is 0 Å². The lowest BCUT2D eigenvalue weighted by atomic mass is 10.1. The van der Waals surface area contributed by atoms with Gasteiger partial charge in [0.1, 0.15) is 5.69 Å². The van der Waals surface area contributed by atoms with Gasteiger partial charge in [0.05, 0.1) is 6.61 Å². The van der Waals surface area contributed by atoms with Gasteiger partial charge in [0.2, 0.25) is 5.78 Å². The minimum Gasteiger partial charge on any atom is -0.490 e. The average molecular weight is 434 g/mol. The van der Waals surface area contributed by atoms with Crippen molar-refractivity contribution < 1.29 is 19.1 Å². The lowest BCUT2D eigenvalue weighted by Crippen LogP contribution is -2.20. The van der Waals surface area contributed by atoms with Gasteiger partial charge in [0.25, 0.3) is 5.91 Å². The number of nitrogens with one attached hydrogen (secondary N) is 1. The van der Waals surface area contributed by atoms with Crippen LogP contribution >= 0.6 is 0 Å². The van der Waals surface area contributed by atoms with Gasteiger partial charge in [-0.25, -0.2) is 0 Å². The highest BCUT2D eigenvalue weighted by Gasteiger charge is 2.11. The normalized spacial score (nSPS) is 10.8. The Kier molecular flexibility index (Phi) is 7.80. The van der Waals surface area contributed by atoms with Gasteiger partial charge in [0, 0.05) is 18.4 Å². The summed E-state index contributed by atoms with van der Waals surface area (Å²) >= 11 is 0. The molecule has 0 fully saturated rings. The van der Waals surface area contributed by atoms with Gasteiger partial charge in [-0.05, 0) is 62.7 Å². The molecule has 0 atom stereocenters. The van der Waals surface area contributed by atoms with Crippen molar-refractivity contribution in [2.45, 2.75) is 27.3 Å². The molecule has 0 bridgehead atoms. The molecule has 3 rings (SSSR count). The van der Waals surface area contributed by atoms with Crippen LogP contribution < -0.4 is 14.8 Å². The van der Waals surface area contributed by atoms with E-state index in [9.17, 15) is 9.59 Å². The number of carbonyl (C=O) groups is 2. The first kappa shape index (κ1) is 22.8. The third-order valence-corrected chi connectivity index (χ3v) is 4.66. The molecule has 0 spiro atoms. The summed E-state index contributed by atoms with van der Waals surface area (Å²) in [5.74, 6) is 0.566. The summed E-state index contributed by atoms with van der Waals surface area (Å²) in [6.07, 6.45) is 4.83. The van der Waals surface area contributed by atoms with Gasteiger partial charge < -0.3 is 14.8 Å². The molecule has 166 valence electrons. The monoisotopic (exact) mass is 433 g/mol. The van der Waals surface area contributed by atoms with Crippen molar-refractivity contribution in [3.8, 4) is 11.5 Å². The fourth-order valence-corrected chi connectivity index (χ4v) is 3.04. The van der Waals surface area contributed by atoms with E-state index in [1.807, 2.05) is 45.0 Å². The third-order valence-electron chi connectivity index (χ3n) is 4.66. The molecule has 0 radical (unpaired) electrons. The van der Waals surface area contributed by atoms with Gasteiger partial charge in [-0.15, -0.1) is 0 Å². The van der Waals surface area contributed by atoms with E-state index >= 15 is 0 Å². The second kappa shape index (κ2) is 10.9. The summed E-state index contributed by atoms with van der Waals surface area (Å²) in [5, 5.41) is 6.92. The molecule has 3 aromatic rings. The largest absolute Gasteiger partial charge is 0.490 e. The molecule has 0 unspecified atom stereocenters. The first-order valence-electron chi connectivity index (χ1n) is 10.5. The second-order valence-electron chi connectivity index (χ2n) is 7.07. The summed E-state index contributed by atoms with van der Waals surface area (Å²) < 4.78 is 13.0. The van der Waals surface area contributed by atoms with Crippen LogP contribution in [0.4, 0.5) is 5.69 Å². The van der Waals surface area contributed by atoms with Gasteiger partial charge >= 0.3 is 0 Å². The smallest absolute Gasteiger partial charge is 0.262 e. The number of aromatic nitrogens is 2. The van der Waals surface area contributed by atoms with Crippen LogP contribution in [0.15, 0.2) is 60.8 Å². The van der Waals surface area contributed by atoms with Crippen molar-refractivity contribution in [1.82, 2.24) is 9.78 Å². The third kappa shape index (κ3) is 6.07. The summed E-state index contributed by atoms with van der Waals surface area (Å²) in [6, 6.07) is 14.5. The minimum absolute atomic E-state index is 0.129. The van der Waals surface area contributed by atoms with Crippen LogP contribution in [-0.2, 0) is 11.3 Å². The van der Waals surface area contributed by atoms with E-state index in [2.05, 4.69) is 10.4 Å². The standard InChI is InChI=1S/C25H27N3O4/c1-4-28-21(14-15-26-28)22(29)12-8-19-9-13-23(24(16-19)31-5-2)32-17-25(30)27-20-10-6-18(3)7-11-20/h6-16H,4-5,17H2,1-3H3,(H,27,30)/b12-8+. The highest BCUT2D eigenvalue weighted by Crippen LogP contribution is 2.29. The van der Waals surface area contributed by atoms with Gasteiger partial charge in [-0.3, -0.25) is 14.3 Å². The Morgan fingerprint density at radius 2 is 1.81 bits per heavy atom. The fraction of sp³-hybridized carbons (Fsp3) is 0.240. The summed E-state index contributed by atoms with van der Waals surface area (Å²) in [7, 11) is 0. The number of aryl methyl sites for hydroxylation is 2. The molecule has 0 aliphatic carbocycles. The SMILES string of the molecule is CCOc1cc(/C=C/C(=O)c2ccnn2CC)ccc1OCC(=O)Nc1ccc(C)cc1. The molecule has 0 aliphatic rings. The van der Waals surface area contributed by atoms with Crippen molar-refractivity contribution >= 4 is 23.5 Å². The molecule has 0 aliphatic heterocycles. The van der Waals surface area contributed by atoms with E-state index in [1.54, 1.807) is 41.2 Å². The van der Waals surface area contributed by atoms with Gasteiger partial charge in [-0.1, -0.05) is 29.8 Å². The first-order chi connectivity index (χ1) is 15.5. The fourth-order valence-electron chi connectivity index (χ4n) is 3.04. The predicted octanol–water partition coefficient (Wildman–Crippen LogP) is 4.52. The van der Waals surface area contributed by atoms with Crippen LogP contribution in [0.3, 0.4) is 0 Å². The van der Waals surface area contributed by atoms with Gasteiger partial charge in [-0.2, -0.15) is 5.10 Å². The average Bonchev–Trinajstić information content (AvgIpc) is 3.28. The minimum atomic E-state index is -0.265. The molecule has 1 N–H and O–H groups in total. The molecule has 2 aromatic carbocycles. The second-order valence-corrected chi connectivity index (χ2v) is 7.07. The molecule has 1 aromatic heterocycles. The van der Waals surface area contributed by atoms with E-state index in [4.69, 9.17) is 9.47 Å². The molecule has 7 nitrogen and oxygen atoms in total. The predicted molar refractivity (Wildman–Crippen MR) is 124 cm³/mol. The number of ketones is 1.